The minimum absolute atomic E-state index is 0.0353. The van der Waals surface area contributed by atoms with E-state index in [0.29, 0.717) is 0 Å². The first kappa shape index (κ1) is 17.8. The largest absolute Gasteiger partial charge is 0.396 e. The molecule has 110 valence electrons. The maximum atomic E-state index is 10.7. The van der Waals surface area contributed by atoms with Gasteiger partial charge in [0.25, 0.3) is 0 Å². The second-order valence-corrected chi connectivity index (χ2v) is 4.68. The third-order valence-electron chi connectivity index (χ3n) is 3.81. The summed E-state index contributed by atoms with van der Waals surface area (Å²) in [4.78, 5) is 0. The Labute approximate surface area is 108 Å². The van der Waals surface area contributed by atoms with Crippen LogP contribution in [0.4, 0.5) is 0 Å². The normalized spacial score (nSPS) is 13.0. The molecule has 6 nitrogen and oxygen atoms in total. The second-order valence-electron chi connectivity index (χ2n) is 4.68. The lowest BCUT2D eigenvalue weighted by molar-refractivity contribution is -0.136. The van der Waals surface area contributed by atoms with Gasteiger partial charge in [-0.2, -0.15) is 0 Å². The molecule has 0 saturated carbocycles. The maximum Gasteiger partial charge on any atom is 0.0749 e. The molecular formula is C12H26O6. The fourth-order valence-corrected chi connectivity index (χ4v) is 2.74. The molecule has 18 heavy (non-hydrogen) atoms. The molecule has 6 N–H and O–H groups in total. The van der Waals surface area contributed by atoms with E-state index in [1.807, 2.05) is 0 Å². The summed E-state index contributed by atoms with van der Waals surface area (Å²) in [6, 6.07) is 0. The Morgan fingerprint density at radius 3 is 1.00 bits per heavy atom. The van der Waals surface area contributed by atoms with E-state index >= 15 is 0 Å². The fraction of sp³-hybridized carbons (Fsp3) is 1.00. The van der Waals surface area contributed by atoms with Crippen molar-refractivity contribution in [2.24, 2.45) is 5.41 Å². The third kappa shape index (κ3) is 4.15. The van der Waals surface area contributed by atoms with Crippen molar-refractivity contribution >= 4 is 0 Å². The second kappa shape index (κ2) is 8.79. The molecule has 0 saturated heterocycles. The number of rotatable bonds is 11. The zero-order valence-electron chi connectivity index (χ0n) is 10.8. The highest BCUT2D eigenvalue weighted by Crippen LogP contribution is 2.45. The number of hydrogen-bond donors (Lipinski definition) is 6. The van der Waals surface area contributed by atoms with Crippen LogP contribution in [0.2, 0.25) is 0 Å². The maximum absolute atomic E-state index is 10.7. The van der Waals surface area contributed by atoms with Crippen LogP contribution in [-0.2, 0) is 0 Å². The third-order valence-corrected chi connectivity index (χ3v) is 3.81. The highest BCUT2D eigenvalue weighted by atomic mass is 16.3. The van der Waals surface area contributed by atoms with Crippen LogP contribution < -0.4 is 0 Å². The molecule has 0 aliphatic rings. The number of aliphatic hydroxyl groups is 6. The Kier molecular flexibility index (Phi) is 8.67. The van der Waals surface area contributed by atoms with Crippen molar-refractivity contribution in [3.8, 4) is 0 Å². The van der Waals surface area contributed by atoms with Crippen LogP contribution in [-0.4, -0.2) is 69.3 Å². The summed E-state index contributed by atoms with van der Waals surface area (Å²) in [5, 5.41) is 56.3. The average molecular weight is 266 g/mol. The molecule has 0 atom stereocenters. The topological polar surface area (TPSA) is 121 Å². The Balaban J connectivity index is 5.26. The molecule has 0 rings (SSSR count). The molecule has 0 bridgehead atoms. The van der Waals surface area contributed by atoms with E-state index in [2.05, 4.69) is 0 Å². The van der Waals surface area contributed by atoms with Gasteiger partial charge in [0.2, 0.25) is 0 Å². The van der Waals surface area contributed by atoms with Gasteiger partial charge in [0.15, 0.2) is 0 Å². The first-order valence-electron chi connectivity index (χ1n) is 6.32. The summed E-state index contributed by atoms with van der Waals surface area (Å²) in [6.45, 7) is -1.11. The van der Waals surface area contributed by atoms with Gasteiger partial charge in [0.05, 0.1) is 5.60 Å². The van der Waals surface area contributed by atoms with Crippen LogP contribution in [0.3, 0.4) is 0 Å². The predicted molar refractivity (Wildman–Crippen MR) is 65.9 cm³/mol. The van der Waals surface area contributed by atoms with Crippen molar-refractivity contribution in [1.82, 2.24) is 0 Å². The van der Waals surface area contributed by atoms with Crippen LogP contribution in [0.15, 0.2) is 0 Å². The van der Waals surface area contributed by atoms with E-state index in [0.717, 1.165) is 0 Å². The van der Waals surface area contributed by atoms with E-state index in [1.165, 1.54) is 0 Å². The van der Waals surface area contributed by atoms with E-state index < -0.39 is 11.0 Å². The first-order valence-corrected chi connectivity index (χ1v) is 6.32. The van der Waals surface area contributed by atoms with Gasteiger partial charge in [-0.1, -0.05) is 0 Å². The number of aliphatic hydroxyl groups excluding tert-OH is 5. The van der Waals surface area contributed by atoms with Crippen LogP contribution in [0, 0.1) is 5.41 Å². The van der Waals surface area contributed by atoms with E-state index in [9.17, 15) is 5.11 Å². The smallest absolute Gasteiger partial charge is 0.0749 e. The lowest BCUT2D eigenvalue weighted by Gasteiger charge is -2.47. The van der Waals surface area contributed by atoms with Crippen LogP contribution >= 0.6 is 0 Å². The van der Waals surface area contributed by atoms with Gasteiger partial charge < -0.3 is 30.6 Å². The standard InChI is InChI=1S/C12H26O6/c13-6-1-11(2-7-14,3-8-15)12(18,4-9-16)5-10-17/h13-18H,1-10H2. The summed E-state index contributed by atoms with van der Waals surface area (Å²) in [5.41, 5.74) is -2.32. The van der Waals surface area contributed by atoms with Crippen molar-refractivity contribution < 1.29 is 30.6 Å². The van der Waals surface area contributed by atoms with Gasteiger partial charge in [-0.25, -0.2) is 0 Å². The Morgan fingerprint density at radius 1 is 0.500 bits per heavy atom. The molecule has 0 aromatic carbocycles. The molecule has 0 heterocycles. The van der Waals surface area contributed by atoms with Gasteiger partial charge in [0, 0.05) is 38.4 Å². The quantitative estimate of drug-likeness (QED) is 0.274. The van der Waals surface area contributed by atoms with Gasteiger partial charge in [-0.3, -0.25) is 0 Å². The first-order chi connectivity index (χ1) is 8.55. The summed E-state index contributed by atoms with van der Waals surface area (Å²) >= 11 is 0. The van der Waals surface area contributed by atoms with E-state index in [4.69, 9.17) is 25.5 Å². The molecule has 0 aromatic rings. The molecule has 0 amide bonds. The minimum Gasteiger partial charge on any atom is -0.396 e. The lowest BCUT2D eigenvalue weighted by atomic mass is 9.63. The van der Waals surface area contributed by atoms with Crippen molar-refractivity contribution in [2.75, 3.05) is 33.0 Å². The van der Waals surface area contributed by atoms with Crippen molar-refractivity contribution in [1.29, 1.82) is 0 Å². The molecule has 0 fully saturated rings. The molecule has 0 unspecified atom stereocenters. The Morgan fingerprint density at radius 2 is 0.778 bits per heavy atom. The summed E-state index contributed by atoms with van der Waals surface area (Å²) in [6.07, 6.45) is 0.668. The Bertz CT molecular complexity index is 186. The van der Waals surface area contributed by atoms with Gasteiger partial charge in [-0.15, -0.1) is 0 Å². The SMILES string of the molecule is OCCC(O)(CCO)C(CCO)(CCO)CCO. The molecule has 0 aromatic heterocycles. The van der Waals surface area contributed by atoms with Gasteiger partial charge in [-0.05, 0) is 32.1 Å². The van der Waals surface area contributed by atoms with Gasteiger partial charge >= 0.3 is 0 Å². The minimum atomic E-state index is -1.41. The highest BCUT2D eigenvalue weighted by molar-refractivity contribution is 4.98. The Hall–Kier alpha value is -0.240. The monoisotopic (exact) mass is 266 g/mol. The zero-order chi connectivity index (χ0) is 14.1. The van der Waals surface area contributed by atoms with E-state index in [-0.39, 0.29) is 65.1 Å². The van der Waals surface area contributed by atoms with Crippen molar-refractivity contribution in [3.63, 3.8) is 0 Å². The van der Waals surface area contributed by atoms with Crippen LogP contribution in [0.25, 0.3) is 0 Å². The van der Waals surface area contributed by atoms with Gasteiger partial charge in [0.1, 0.15) is 0 Å². The molecular weight excluding hydrogens is 240 g/mol. The highest BCUT2D eigenvalue weighted by Gasteiger charge is 2.48. The van der Waals surface area contributed by atoms with Crippen LogP contribution in [0.1, 0.15) is 32.1 Å². The molecule has 0 aliphatic carbocycles. The molecule has 6 heteroatoms. The number of hydrogen-bond acceptors (Lipinski definition) is 6. The van der Waals surface area contributed by atoms with Crippen LogP contribution in [0.5, 0.6) is 0 Å². The summed E-state index contributed by atoms with van der Waals surface area (Å²) in [5.74, 6) is 0. The fourth-order valence-electron chi connectivity index (χ4n) is 2.74. The lowest BCUT2D eigenvalue weighted by Crippen LogP contribution is -2.51. The van der Waals surface area contributed by atoms with Crippen molar-refractivity contribution in [2.45, 2.75) is 37.7 Å². The zero-order valence-corrected chi connectivity index (χ0v) is 10.8. The molecule has 0 spiro atoms. The summed E-state index contributed by atoms with van der Waals surface area (Å²) in [7, 11) is 0. The van der Waals surface area contributed by atoms with E-state index in [1.54, 1.807) is 0 Å². The average Bonchev–Trinajstić information content (AvgIpc) is 2.30. The summed E-state index contributed by atoms with van der Waals surface area (Å²) < 4.78 is 0. The van der Waals surface area contributed by atoms with Crippen molar-refractivity contribution in [3.05, 3.63) is 0 Å². The molecule has 0 aliphatic heterocycles. The molecule has 0 radical (unpaired) electrons. The predicted octanol–water partition coefficient (Wildman–Crippen LogP) is -1.38.